The summed E-state index contributed by atoms with van der Waals surface area (Å²) in [5.74, 6) is 1.51. The van der Waals surface area contributed by atoms with Crippen LogP contribution >= 0.6 is 0 Å². The normalized spacial score (nSPS) is 21.1. The quantitative estimate of drug-likeness (QED) is 0.831. The van der Waals surface area contributed by atoms with Crippen LogP contribution in [0.3, 0.4) is 0 Å². The van der Waals surface area contributed by atoms with Crippen LogP contribution in [-0.2, 0) is 5.41 Å². The van der Waals surface area contributed by atoms with Gasteiger partial charge in [0.2, 0.25) is 0 Å². The fourth-order valence-corrected chi connectivity index (χ4v) is 2.41. The minimum atomic E-state index is -0.240. The lowest BCUT2D eigenvalue weighted by atomic mass is 9.92. The number of rotatable bonds is 1. The minimum Gasteiger partial charge on any atom is -0.356 e. The van der Waals surface area contributed by atoms with Crippen LogP contribution in [0.15, 0.2) is 10.9 Å². The summed E-state index contributed by atoms with van der Waals surface area (Å²) in [5, 5.41) is 0. The zero-order valence-electron chi connectivity index (χ0n) is 11.8. The molecule has 4 heteroatoms. The second-order valence-corrected chi connectivity index (χ2v) is 6.40. The Labute approximate surface area is 108 Å². The fraction of sp³-hybridized carbons (Fsp3) is 0.714. The molecule has 4 nitrogen and oxygen atoms in total. The molecule has 0 radical (unpaired) electrons. The first kappa shape index (κ1) is 13.1. The molecule has 1 aliphatic heterocycles. The maximum Gasteiger partial charge on any atom is 0.347 e. The fourth-order valence-electron chi connectivity index (χ4n) is 2.41. The Bertz CT molecular complexity index is 473. The lowest BCUT2D eigenvalue weighted by Gasteiger charge is -2.32. The highest BCUT2D eigenvalue weighted by Gasteiger charge is 2.21. The molecule has 1 N–H and O–H groups in total. The Balaban J connectivity index is 2.33. The third-order valence-electron chi connectivity index (χ3n) is 3.52. The Hall–Kier alpha value is -1.32. The summed E-state index contributed by atoms with van der Waals surface area (Å²) < 4.78 is 0. The van der Waals surface area contributed by atoms with Gasteiger partial charge in [0, 0.05) is 30.3 Å². The van der Waals surface area contributed by atoms with Gasteiger partial charge in [-0.25, -0.2) is 4.79 Å². The predicted octanol–water partition coefficient (Wildman–Crippen LogP) is 2.30. The van der Waals surface area contributed by atoms with Crippen molar-refractivity contribution in [2.75, 3.05) is 18.0 Å². The van der Waals surface area contributed by atoms with E-state index in [9.17, 15) is 4.79 Å². The SMILES string of the molecule is CC1CCCN(c2cc(C(C)(C)C)[nH]c(=O)n2)C1. The third kappa shape index (κ3) is 2.92. The molecule has 0 saturated carbocycles. The van der Waals surface area contributed by atoms with Crippen molar-refractivity contribution < 1.29 is 0 Å². The van der Waals surface area contributed by atoms with Crippen LogP contribution in [0, 0.1) is 5.92 Å². The summed E-state index contributed by atoms with van der Waals surface area (Å²) in [6.07, 6.45) is 2.45. The van der Waals surface area contributed by atoms with Gasteiger partial charge in [0.15, 0.2) is 0 Å². The van der Waals surface area contributed by atoms with E-state index in [4.69, 9.17) is 0 Å². The van der Waals surface area contributed by atoms with Crippen molar-refractivity contribution in [2.45, 2.75) is 46.0 Å². The summed E-state index contributed by atoms with van der Waals surface area (Å²) in [6.45, 7) is 10.6. The maximum absolute atomic E-state index is 11.7. The summed E-state index contributed by atoms with van der Waals surface area (Å²) >= 11 is 0. The van der Waals surface area contributed by atoms with Crippen molar-refractivity contribution in [1.29, 1.82) is 0 Å². The number of aromatic nitrogens is 2. The topological polar surface area (TPSA) is 49.0 Å². The molecule has 1 saturated heterocycles. The third-order valence-corrected chi connectivity index (χ3v) is 3.52. The Kier molecular flexibility index (Phi) is 3.46. The number of nitrogens with zero attached hydrogens (tertiary/aromatic N) is 2. The van der Waals surface area contributed by atoms with E-state index in [0.29, 0.717) is 5.92 Å². The number of anilines is 1. The van der Waals surface area contributed by atoms with E-state index >= 15 is 0 Å². The molecule has 1 aromatic rings. The van der Waals surface area contributed by atoms with Gasteiger partial charge in [-0.2, -0.15) is 4.98 Å². The van der Waals surface area contributed by atoms with Gasteiger partial charge in [-0.3, -0.25) is 0 Å². The number of piperidine rings is 1. The maximum atomic E-state index is 11.7. The van der Waals surface area contributed by atoms with Gasteiger partial charge in [0.05, 0.1) is 0 Å². The van der Waals surface area contributed by atoms with Crippen LogP contribution in [0.1, 0.15) is 46.2 Å². The van der Waals surface area contributed by atoms with E-state index in [1.165, 1.54) is 12.8 Å². The number of aromatic amines is 1. The Morgan fingerprint density at radius 3 is 2.78 bits per heavy atom. The first-order valence-corrected chi connectivity index (χ1v) is 6.73. The minimum absolute atomic E-state index is 0.0573. The molecule has 1 atom stereocenters. The lowest BCUT2D eigenvalue weighted by molar-refractivity contribution is 0.443. The largest absolute Gasteiger partial charge is 0.356 e. The molecule has 0 spiro atoms. The molecule has 1 aromatic heterocycles. The average Bonchev–Trinajstić information content (AvgIpc) is 2.27. The molecule has 1 unspecified atom stereocenters. The van der Waals surface area contributed by atoms with Crippen LogP contribution in [0.5, 0.6) is 0 Å². The van der Waals surface area contributed by atoms with E-state index in [2.05, 4.69) is 42.6 Å². The van der Waals surface area contributed by atoms with Crippen LogP contribution in [0.2, 0.25) is 0 Å². The first-order valence-electron chi connectivity index (χ1n) is 6.73. The molecule has 2 rings (SSSR count). The number of hydrogen-bond acceptors (Lipinski definition) is 3. The molecule has 0 aliphatic carbocycles. The van der Waals surface area contributed by atoms with E-state index in [1.807, 2.05) is 6.07 Å². The summed E-state index contributed by atoms with van der Waals surface area (Å²) in [4.78, 5) is 20.9. The van der Waals surface area contributed by atoms with Gasteiger partial charge in [0.25, 0.3) is 0 Å². The summed E-state index contributed by atoms with van der Waals surface area (Å²) in [7, 11) is 0. The highest BCUT2D eigenvalue weighted by Crippen LogP contribution is 2.24. The standard InChI is InChI=1S/C14H23N3O/c1-10-6-5-7-17(9-10)12-8-11(14(2,3)4)15-13(18)16-12/h8,10H,5-7,9H2,1-4H3,(H,15,16,18). The smallest absolute Gasteiger partial charge is 0.347 e. The highest BCUT2D eigenvalue weighted by atomic mass is 16.1. The Morgan fingerprint density at radius 2 is 2.17 bits per heavy atom. The molecule has 0 bridgehead atoms. The monoisotopic (exact) mass is 249 g/mol. The van der Waals surface area contributed by atoms with Gasteiger partial charge in [-0.1, -0.05) is 27.7 Å². The van der Waals surface area contributed by atoms with Gasteiger partial charge in [-0.05, 0) is 18.8 Å². The number of H-pyrrole nitrogens is 1. The summed E-state index contributed by atoms with van der Waals surface area (Å²) in [6, 6.07) is 2.03. The second-order valence-electron chi connectivity index (χ2n) is 6.40. The zero-order valence-corrected chi connectivity index (χ0v) is 11.8. The van der Waals surface area contributed by atoms with Gasteiger partial charge in [-0.15, -0.1) is 0 Å². The lowest BCUT2D eigenvalue weighted by Crippen LogP contribution is -2.36. The number of nitrogens with one attached hydrogen (secondary N) is 1. The van der Waals surface area contributed by atoms with E-state index in [0.717, 1.165) is 24.6 Å². The predicted molar refractivity (Wildman–Crippen MR) is 74.2 cm³/mol. The molecule has 18 heavy (non-hydrogen) atoms. The average molecular weight is 249 g/mol. The van der Waals surface area contributed by atoms with Crippen molar-refractivity contribution in [3.63, 3.8) is 0 Å². The Morgan fingerprint density at radius 1 is 1.44 bits per heavy atom. The van der Waals surface area contributed by atoms with E-state index in [1.54, 1.807) is 0 Å². The van der Waals surface area contributed by atoms with Crippen LogP contribution in [0.4, 0.5) is 5.82 Å². The van der Waals surface area contributed by atoms with E-state index < -0.39 is 0 Å². The summed E-state index contributed by atoms with van der Waals surface area (Å²) in [5.41, 5.74) is 0.657. The molecular weight excluding hydrogens is 226 g/mol. The molecule has 2 heterocycles. The van der Waals surface area contributed by atoms with Crippen molar-refractivity contribution in [2.24, 2.45) is 5.92 Å². The highest BCUT2D eigenvalue weighted by molar-refractivity contribution is 5.40. The van der Waals surface area contributed by atoms with Gasteiger partial charge in [0.1, 0.15) is 5.82 Å². The van der Waals surface area contributed by atoms with Gasteiger partial charge < -0.3 is 9.88 Å². The van der Waals surface area contributed by atoms with Crippen LogP contribution in [0.25, 0.3) is 0 Å². The zero-order chi connectivity index (χ0) is 13.3. The molecule has 100 valence electrons. The van der Waals surface area contributed by atoms with Crippen molar-refractivity contribution in [3.05, 3.63) is 22.2 Å². The van der Waals surface area contributed by atoms with Crippen molar-refractivity contribution in [1.82, 2.24) is 9.97 Å². The van der Waals surface area contributed by atoms with Crippen LogP contribution in [-0.4, -0.2) is 23.1 Å². The van der Waals surface area contributed by atoms with Crippen molar-refractivity contribution in [3.8, 4) is 0 Å². The number of hydrogen-bond donors (Lipinski definition) is 1. The first-order chi connectivity index (χ1) is 8.36. The molecular formula is C14H23N3O. The molecule has 1 fully saturated rings. The second kappa shape index (κ2) is 4.75. The molecule has 0 aromatic carbocycles. The van der Waals surface area contributed by atoms with Crippen LogP contribution < -0.4 is 10.6 Å². The molecule has 1 aliphatic rings. The van der Waals surface area contributed by atoms with Crippen molar-refractivity contribution >= 4 is 5.82 Å². The van der Waals surface area contributed by atoms with E-state index in [-0.39, 0.29) is 11.1 Å². The molecule has 0 amide bonds. The van der Waals surface area contributed by atoms with Gasteiger partial charge >= 0.3 is 5.69 Å².